The van der Waals surface area contributed by atoms with Crippen LogP contribution in [0, 0.1) is 18.6 Å². The average Bonchev–Trinajstić information content (AvgIpc) is 2.64. The van der Waals surface area contributed by atoms with E-state index in [0.717, 1.165) is 12.1 Å². The fourth-order valence-corrected chi connectivity index (χ4v) is 2.49. The highest BCUT2D eigenvalue weighted by Crippen LogP contribution is 2.20. The molecule has 0 saturated heterocycles. The summed E-state index contributed by atoms with van der Waals surface area (Å²) in [4.78, 5) is 32.2. The van der Waals surface area contributed by atoms with Crippen molar-refractivity contribution < 1.29 is 18.4 Å². The summed E-state index contributed by atoms with van der Waals surface area (Å²) in [7, 11) is 0. The van der Waals surface area contributed by atoms with Gasteiger partial charge in [-0.2, -0.15) is 0 Å². The number of hydrogen-bond donors (Lipinski definition) is 2. The highest BCUT2D eigenvalue weighted by Gasteiger charge is 2.13. The minimum Gasteiger partial charge on any atom is -0.338 e. The van der Waals surface area contributed by atoms with Crippen LogP contribution in [-0.4, -0.2) is 21.7 Å². The summed E-state index contributed by atoms with van der Waals surface area (Å²) >= 11 is 0. The van der Waals surface area contributed by atoms with E-state index in [1.165, 1.54) is 19.1 Å². The lowest BCUT2D eigenvalue weighted by atomic mass is 10.1. The molecule has 3 rings (SSSR count). The van der Waals surface area contributed by atoms with Gasteiger partial charge in [-0.1, -0.05) is 12.1 Å². The number of amides is 1. The van der Waals surface area contributed by atoms with E-state index in [1.807, 2.05) is 0 Å². The number of nitrogens with one attached hydrogen (secondary N) is 2. The Balaban J connectivity index is 1.83. The first-order chi connectivity index (χ1) is 13.3. The van der Waals surface area contributed by atoms with Crippen LogP contribution < -0.4 is 10.6 Å². The van der Waals surface area contributed by atoms with Gasteiger partial charge in [0, 0.05) is 23.4 Å². The molecule has 1 heterocycles. The SMILES string of the molecule is CC(=O)c1cccc(NC(=O)c2cc(Nc3ccc(F)cc3F)nc(C)n2)c1. The van der Waals surface area contributed by atoms with E-state index in [9.17, 15) is 18.4 Å². The van der Waals surface area contributed by atoms with Gasteiger partial charge < -0.3 is 10.6 Å². The van der Waals surface area contributed by atoms with Gasteiger partial charge in [-0.25, -0.2) is 18.7 Å². The predicted molar refractivity (Wildman–Crippen MR) is 101 cm³/mol. The first-order valence-corrected chi connectivity index (χ1v) is 8.32. The molecule has 2 aromatic carbocycles. The number of halogens is 2. The second-order valence-corrected chi connectivity index (χ2v) is 6.03. The zero-order valence-corrected chi connectivity index (χ0v) is 15.1. The Hall–Kier alpha value is -3.68. The molecule has 2 N–H and O–H groups in total. The van der Waals surface area contributed by atoms with E-state index in [1.54, 1.807) is 31.2 Å². The molecule has 28 heavy (non-hydrogen) atoms. The van der Waals surface area contributed by atoms with Crippen molar-refractivity contribution in [3.8, 4) is 0 Å². The fraction of sp³-hybridized carbons (Fsp3) is 0.100. The predicted octanol–water partition coefficient (Wildman–Crippen LogP) is 4.26. The van der Waals surface area contributed by atoms with Crippen molar-refractivity contribution in [2.45, 2.75) is 13.8 Å². The number of aryl methyl sites for hydroxylation is 1. The van der Waals surface area contributed by atoms with Gasteiger partial charge in [0.1, 0.15) is 29.0 Å². The highest BCUT2D eigenvalue weighted by molar-refractivity contribution is 6.04. The molecule has 0 aliphatic rings. The van der Waals surface area contributed by atoms with Crippen LogP contribution in [0.3, 0.4) is 0 Å². The Morgan fingerprint density at radius 1 is 1.00 bits per heavy atom. The molecule has 0 aliphatic carbocycles. The molecule has 0 spiro atoms. The third-order valence-electron chi connectivity index (χ3n) is 3.79. The van der Waals surface area contributed by atoms with E-state index >= 15 is 0 Å². The second kappa shape index (κ2) is 7.91. The first-order valence-electron chi connectivity index (χ1n) is 8.32. The van der Waals surface area contributed by atoms with Gasteiger partial charge in [-0.05, 0) is 38.1 Å². The molecule has 3 aromatic rings. The molecule has 0 aliphatic heterocycles. The normalized spacial score (nSPS) is 10.4. The Morgan fingerprint density at radius 3 is 2.50 bits per heavy atom. The van der Waals surface area contributed by atoms with Crippen LogP contribution in [-0.2, 0) is 0 Å². The molecule has 6 nitrogen and oxygen atoms in total. The molecule has 1 aromatic heterocycles. The lowest BCUT2D eigenvalue weighted by Gasteiger charge is -2.10. The standard InChI is InChI=1S/C20H16F2N4O2/c1-11(27)13-4-3-5-15(8-13)25-20(28)18-10-19(24-12(2)23-18)26-17-7-6-14(21)9-16(17)22/h3-10H,1-2H3,(H,25,28)(H,23,24,26). The zero-order valence-electron chi connectivity index (χ0n) is 15.1. The van der Waals surface area contributed by atoms with Crippen molar-refractivity contribution >= 4 is 28.9 Å². The second-order valence-electron chi connectivity index (χ2n) is 6.03. The average molecular weight is 382 g/mol. The molecule has 142 valence electrons. The van der Waals surface area contributed by atoms with Crippen molar-refractivity contribution in [2.24, 2.45) is 0 Å². The van der Waals surface area contributed by atoms with Crippen LogP contribution in [0.2, 0.25) is 0 Å². The Labute approximate surface area is 159 Å². The Morgan fingerprint density at radius 2 is 1.79 bits per heavy atom. The van der Waals surface area contributed by atoms with Crippen molar-refractivity contribution in [2.75, 3.05) is 10.6 Å². The van der Waals surface area contributed by atoms with Gasteiger partial charge in [-0.15, -0.1) is 0 Å². The monoisotopic (exact) mass is 382 g/mol. The van der Waals surface area contributed by atoms with Crippen molar-refractivity contribution in [3.05, 3.63) is 77.2 Å². The number of anilines is 3. The van der Waals surface area contributed by atoms with Crippen LogP contribution in [0.5, 0.6) is 0 Å². The summed E-state index contributed by atoms with van der Waals surface area (Å²) in [5.74, 6) is -1.66. The van der Waals surface area contributed by atoms with Crippen molar-refractivity contribution in [1.82, 2.24) is 9.97 Å². The van der Waals surface area contributed by atoms with Gasteiger partial charge in [0.25, 0.3) is 5.91 Å². The number of rotatable bonds is 5. The summed E-state index contributed by atoms with van der Waals surface area (Å²) < 4.78 is 26.9. The molecule has 0 saturated carbocycles. The topological polar surface area (TPSA) is 84.0 Å². The third-order valence-corrected chi connectivity index (χ3v) is 3.79. The lowest BCUT2D eigenvalue weighted by molar-refractivity contribution is 0.100. The number of ketones is 1. The number of benzene rings is 2. The summed E-state index contributed by atoms with van der Waals surface area (Å²) in [6.45, 7) is 3.01. The van der Waals surface area contributed by atoms with E-state index in [-0.39, 0.29) is 28.8 Å². The molecule has 0 radical (unpaired) electrons. The summed E-state index contributed by atoms with van der Waals surface area (Å²) in [6.07, 6.45) is 0. The van der Waals surface area contributed by atoms with Crippen molar-refractivity contribution in [3.63, 3.8) is 0 Å². The van der Waals surface area contributed by atoms with Gasteiger partial charge in [0.2, 0.25) is 0 Å². The molecule has 1 amide bonds. The number of aromatic nitrogens is 2. The molecular formula is C20H16F2N4O2. The largest absolute Gasteiger partial charge is 0.338 e. The van der Waals surface area contributed by atoms with E-state index < -0.39 is 17.5 Å². The first kappa shape index (κ1) is 19.1. The molecular weight excluding hydrogens is 366 g/mol. The Bertz CT molecular complexity index is 1070. The highest BCUT2D eigenvalue weighted by atomic mass is 19.1. The number of Topliss-reactive ketones (excluding diaryl/α,β-unsaturated/α-hetero) is 1. The number of carbonyl (C=O) groups excluding carboxylic acids is 2. The Kier molecular flexibility index (Phi) is 5.39. The number of nitrogens with zero attached hydrogens (tertiary/aromatic N) is 2. The summed E-state index contributed by atoms with van der Waals surface area (Å²) in [5.41, 5.74) is 0.963. The van der Waals surface area contributed by atoms with Gasteiger partial charge in [0.15, 0.2) is 5.78 Å². The molecule has 0 unspecified atom stereocenters. The molecule has 8 heteroatoms. The van der Waals surface area contributed by atoms with Crippen LogP contribution in [0.15, 0.2) is 48.5 Å². The van der Waals surface area contributed by atoms with Crippen molar-refractivity contribution in [1.29, 1.82) is 0 Å². The van der Waals surface area contributed by atoms with Crippen LogP contribution >= 0.6 is 0 Å². The maximum atomic E-state index is 13.8. The van der Waals surface area contributed by atoms with Crippen LogP contribution in [0.1, 0.15) is 33.6 Å². The maximum absolute atomic E-state index is 13.8. The van der Waals surface area contributed by atoms with E-state index in [2.05, 4.69) is 20.6 Å². The number of hydrogen-bond acceptors (Lipinski definition) is 5. The third kappa shape index (κ3) is 4.53. The van der Waals surface area contributed by atoms with Gasteiger partial charge >= 0.3 is 0 Å². The molecule has 0 bridgehead atoms. The molecule has 0 fully saturated rings. The quantitative estimate of drug-likeness (QED) is 0.644. The van der Waals surface area contributed by atoms with E-state index in [4.69, 9.17) is 0 Å². The lowest BCUT2D eigenvalue weighted by Crippen LogP contribution is -2.15. The van der Waals surface area contributed by atoms with Gasteiger partial charge in [-0.3, -0.25) is 9.59 Å². The summed E-state index contributed by atoms with van der Waals surface area (Å²) in [6, 6.07) is 10.9. The van der Waals surface area contributed by atoms with E-state index in [0.29, 0.717) is 11.3 Å². The van der Waals surface area contributed by atoms with Gasteiger partial charge in [0.05, 0.1) is 5.69 Å². The molecule has 0 atom stereocenters. The minimum absolute atomic E-state index is 0.0139. The zero-order chi connectivity index (χ0) is 20.3. The summed E-state index contributed by atoms with van der Waals surface area (Å²) in [5, 5.41) is 5.36. The number of carbonyl (C=O) groups is 2. The van der Waals surface area contributed by atoms with Crippen LogP contribution in [0.4, 0.5) is 26.0 Å². The maximum Gasteiger partial charge on any atom is 0.274 e. The fourth-order valence-electron chi connectivity index (χ4n) is 2.49. The smallest absolute Gasteiger partial charge is 0.274 e. The minimum atomic E-state index is -0.789. The van der Waals surface area contributed by atoms with Crippen LogP contribution in [0.25, 0.3) is 0 Å².